The highest BCUT2D eigenvalue weighted by Gasteiger charge is 2.45. The summed E-state index contributed by atoms with van der Waals surface area (Å²) in [5.74, 6) is 0. The molecule has 0 aliphatic carbocycles. The zero-order valence-electron chi connectivity index (χ0n) is 27.6. The zero-order valence-corrected chi connectivity index (χ0v) is 29.2. The van der Waals surface area contributed by atoms with E-state index in [1.807, 2.05) is 26.0 Å². The molecule has 0 saturated carbocycles. The van der Waals surface area contributed by atoms with Gasteiger partial charge in [-0.1, -0.05) is 36.4 Å². The molecular weight excluding hydrogens is 651 g/mol. The van der Waals surface area contributed by atoms with Gasteiger partial charge in [0.1, 0.15) is 12.1 Å². The van der Waals surface area contributed by atoms with Gasteiger partial charge in [0, 0.05) is 48.4 Å². The Kier molecular flexibility index (Phi) is 11.0. The van der Waals surface area contributed by atoms with Crippen LogP contribution in [0.25, 0.3) is 21.8 Å². The number of halogens is 6. The van der Waals surface area contributed by atoms with Crippen molar-refractivity contribution in [3.63, 3.8) is 0 Å². The van der Waals surface area contributed by atoms with Gasteiger partial charge in [0.15, 0.2) is 0 Å². The molecule has 0 aliphatic rings. The van der Waals surface area contributed by atoms with Crippen molar-refractivity contribution in [2.24, 2.45) is 14.1 Å². The van der Waals surface area contributed by atoms with E-state index in [0.717, 1.165) is 22.2 Å². The number of nitrogens with one attached hydrogen (secondary N) is 2. The Morgan fingerprint density at radius 2 is 0.913 bits per heavy atom. The highest BCUT2D eigenvalue weighted by molar-refractivity contribution is 7.84. The molecule has 4 atom stereocenters. The number of fused-ring (bicyclic) bond motifs is 2. The summed E-state index contributed by atoms with van der Waals surface area (Å²) in [6.07, 6.45) is -6.16. The van der Waals surface area contributed by atoms with Crippen molar-refractivity contribution in [1.29, 1.82) is 0 Å². The van der Waals surface area contributed by atoms with E-state index < -0.39 is 55.9 Å². The second kappa shape index (κ2) is 13.4. The number of alkyl halides is 6. The zero-order chi connectivity index (χ0) is 35.2. The smallest absolute Gasteiger partial charge is 0.350 e. The number of nitrogens with zero attached hydrogens (tertiary/aromatic N) is 2. The summed E-state index contributed by atoms with van der Waals surface area (Å²) < 4.78 is 112. The molecule has 256 valence electrons. The fourth-order valence-electron chi connectivity index (χ4n) is 5.05. The first-order valence-electron chi connectivity index (χ1n) is 14.4. The Morgan fingerprint density at radius 1 is 0.609 bits per heavy atom. The molecule has 2 aromatic carbocycles. The first-order chi connectivity index (χ1) is 20.9. The van der Waals surface area contributed by atoms with Crippen LogP contribution in [0.15, 0.2) is 48.8 Å². The van der Waals surface area contributed by atoms with E-state index in [2.05, 4.69) is 9.44 Å². The van der Waals surface area contributed by atoms with Crippen LogP contribution in [-0.4, -0.2) is 39.4 Å². The average molecular weight is 693 g/mol. The minimum Gasteiger partial charge on any atom is -0.350 e. The number of hydrogen-bond acceptors (Lipinski definition) is 2. The van der Waals surface area contributed by atoms with E-state index in [-0.39, 0.29) is 11.1 Å². The molecule has 2 aromatic heterocycles. The Morgan fingerprint density at radius 3 is 1.17 bits per heavy atom. The summed E-state index contributed by atoms with van der Waals surface area (Å²) >= 11 is 0. The molecule has 0 aliphatic heterocycles. The number of aromatic nitrogens is 2. The van der Waals surface area contributed by atoms with Crippen LogP contribution < -0.4 is 9.44 Å². The molecule has 0 spiro atoms. The molecule has 0 fully saturated rings. The van der Waals surface area contributed by atoms with Crippen molar-refractivity contribution in [3.8, 4) is 0 Å². The highest BCUT2D eigenvalue weighted by atomic mass is 32.2. The number of benzene rings is 2. The maximum Gasteiger partial charge on any atom is 0.408 e. The van der Waals surface area contributed by atoms with Gasteiger partial charge in [-0.05, 0) is 66.5 Å². The molecule has 4 rings (SSSR count). The average Bonchev–Trinajstić information content (AvgIpc) is 3.41. The van der Waals surface area contributed by atoms with Crippen molar-refractivity contribution in [2.75, 3.05) is 0 Å². The molecule has 0 saturated heterocycles. The monoisotopic (exact) mass is 692 g/mol. The van der Waals surface area contributed by atoms with E-state index in [1.165, 1.54) is 12.4 Å². The second-order valence-electron chi connectivity index (χ2n) is 13.3. The maximum atomic E-state index is 13.6. The van der Waals surface area contributed by atoms with E-state index in [9.17, 15) is 34.8 Å². The van der Waals surface area contributed by atoms with E-state index in [4.69, 9.17) is 0 Å². The van der Waals surface area contributed by atoms with Gasteiger partial charge >= 0.3 is 12.4 Å². The first-order valence-corrected chi connectivity index (χ1v) is 16.7. The molecular formula is C32H42F6N4O2S2. The van der Waals surface area contributed by atoms with Gasteiger partial charge < -0.3 is 9.13 Å². The molecule has 4 aromatic rings. The quantitative estimate of drug-likeness (QED) is 0.200. The Balaban J connectivity index is 0.000000250. The SMILES string of the molecule is Cc1cccc2c([C@H](N[S@@](=O)C(C)(C)C)C(F)(F)F)cn(C)c12.Cc1cccc2c([C@H](N[S@@](=O)C(C)(C)C)C(F)(F)F)cn(C)c12. The van der Waals surface area contributed by atoms with Crippen LogP contribution in [0.3, 0.4) is 0 Å². The van der Waals surface area contributed by atoms with Gasteiger partial charge in [-0.15, -0.1) is 0 Å². The van der Waals surface area contributed by atoms with Gasteiger partial charge in [0.25, 0.3) is 0 Å². The summed E-state index contributed by atoms with van der Waals surface area (Å²) in [6.45, 7) is 13.5. The molecule has 46 heavy (non-hydrogen) atoms. The first kappa shape index (κ1) is 37.8. The van der Waals surface area contributed by atoms with Gasteiger partial charge in [0.2, 0.25) is 0 Å². The molecule has 0 radical (unpaired) electrons. The molecule has 14 heteroatoms. The molecule has 6 nitrogen and oxygen atoms in total. The third-order valence-corrected chi connectivity index (χ3v) is 10.4. The van der Waals surface area contributed by atoms with Crippen LogP contribution in [0.1, 0.15) is 75.9 Å². The van der Waals surface area contributed by atoms with Crippen LogP contribution >= 0.6 is 0 Å². The summed E-state index contributed by atoms with van der Waals surface area (Å²) in [5.41, 5.74) is 3.48. The van der Waals surface area contributed by atoms with Gasteiger partial charge in [0.05, 0.1) is 42.5 Å². The van der Waals surface area contributed by atoms with Crippen molar-refractivity contribution < 1.29 is 34.8 Å². The fourth-order valence-corrected chi connectivity index (χ4v) is 6.70. The Bertz CT molecular complexity index is 1620. The molecule has 0 bridgehead atoms. The van der Waals surface area contributed by atoms with Crippen molar-refractivity contribution in [2.45, 2.75) is 89.3 Å². The fraction of sp³-hybridized carbons (Fsp3) is 0.500. The van der Waals surface area contributed by atoms with Crippen molar-refractivity contribution in [1.82, 2.24) is 18.6 Å². The highest BCUT2D eigenvalue weighted by Crippen LogP contribution is 2.40. The van der Waals surface area contributed by atoms with E-state index >= 15 is 0 Å². The lowest BCUT2D eigenvalue weighted by Gasteiger charge is -2.25. The Hall–Kier alpha value is -2.68. The predicted octanol–water partition coefficient (Wildman–Crippen LogP) is 8.28. The molecule has 0 unspecified atom stereocenters. The molecule has 2 heterocycles. The third-order valence-electron chi connectivity index (χ3n) is 7.31. The number of hydrogen-bond donors (Lipinski definition) is 2. The van der Waals surface area contributed by atoms with Crippen LogP contribution in [0.5, 0.6) is 0 Å². The predicted molar refractivity (Wildman–Crippen MR) is 175 cm³/mol. The van der Waals surface area contributed by atoms with E-state index in [0.29, 0.717) is 10.8 Å². The summed E-state index contributed by atoms with van der Waals surface area (Å²) in [7, 11) is -0.235. The van der Waals surface area contributed by atoms with Gasteiger partial charge in [-0.3, -0.25) is 0 Å². The lowest BCUT2D eigenvalue weighted by molar-refractivity contribution is -0.153. The number of para-hydroxylation sites is 2. The lowest BCUT2D eigenvalue weighted by Crippen LogP contribution is -2.41. The molecule has 2 N–H and O–H groups in total. The number of aryl methyl sites for hydroxylation is 4. The minimum absolute atomic E-state index is 0.0938. The topological polar surface area (TPSA) is 68.1 Å². The van der Waals surface area contributed by atoms with Crippen LogP contribution in [0, 0.1) is 13.8 Å². The summed E-state index contributed by atoms with van der Waals surface area (Å²) in [4.78, 5) is 0. The largest absolute Gasteiger partial charge is 0.408 e. The molecule has 0 amide bonds. The third kappa shape index (κ3) is 8.42. The second-order valence-corrected chi connectivity index (χ2v) is 17.3. The maximum absolute atomic E-state index is 13.6. The summed E-state index contributed by atoms with van der Waals surface area (Å²) in [6, 6.07) is 6.55. The minimum atomic E-state index is -4.54. The normalized spacial score (nSPS) is 15.8. The number of rotatable bonds is 6. The van der Waals surface area contributed by atoms with Gasteiger partial charge in [-0.2, -0.15) is 26.3 Å². The van der Waals surface area contributed by atoms with E-state index in [1.54, 1.807) is 89.0 Å². The van der Waals surface area contributed by atoms with Gasteiger partial charge in [-0.25, -0.2) is 17.9 Å². The Labute approximate surface area is 271 Å². The van der Waals surface area contributed by atoms with Crippen LogP contribution in [0.2, 0.25) is 0 Å². The van der Waals surface area contributed by atoms with Crippen molar-refractivity contribution in [3.05, 3.63) is 71.0 Å². The summed E-state index contributed by atoms with van der Waals surface area (Å²) in [5, 5.41) is 1.04. The van der Waals surface area contributed by atoms with Crippen molar-refractivity contribution >= 4 is 43.8 Å². The van der Waals surface area contributed by atoms with Crippen LogP contribution in [0.4, 0.5) is 26.3 Å². The lowest BCUT2D eigenvalue weighted by atomic mass is 10.0. The standard InChI is InChI=1S/2C16H21F3N2OS/c2*1-10-7-6-8-11-12(9-21(5)13(10)11)14(16(17,18)19)20-23(22)15(2,3)4/h2*6-9,14,20H,1-5H3/t2*14-,23-/m00/s1. The van der Waals surface area contributed by atoms with Crippen LogP contribution in [-0.2, 0) is 36.1 Å².